The number of rotatable bonds is 11. The molecule has 38 heavy (non-hydrogen) atoms. The Kier molecular flexibility index (Phi) is 10.6. The van der Waals surface area contributed by atoms with E-state index in [2.05, 4.69) is 15.8 Å². The summed E-state index contributed by atoms with van der Waals surface area (Å²) in [5.74, 6) is -0.785. The van der Waals surface area contributed by atoms with Crippen molar-refractivity contribution in [2.45, 2.75) is 32.4 Å². The number of carbonyl (C=O) groups excluding carboxylic acids is 2. The van der Waals surface area contributed by atoms with E-state index >= 15 is 0 Å². The van der Waals surface area contributed by atoms with Gasteiger partial charge < -0.3 is 19.9 Å². The van der Waals surface area contributed by atoms with Gasteiger partial charge in [-0.1, -0.05) is 65.1 Å². The molecule has 0 radical (unpaired) electrons. The maximum atomic E-state index is 13.0. The number of ether oxygens (including phenoxy) is 2. The van der Waals surface area contributed by atoms with Crippen molar-refractivity contribution in [3.8, 4) is 17.2 Å². The van der Waals surface area contributed by atoms with Crippen molar-refractivity contribution in [1.82, 2.24) is 10.7 Å². The van der Waals surface area contributed by atoms with Crippen molar-refractivity contribution < 1.29 is 24.2 Å². The van der Waals surface area contributed by atoms with E-state index in [4.69, 9.17) is 44.3 Å². The van der Waals surface area contributed by atoms with Crippen LogP contribution in [0.2, 0.25) is 15.1 Å². The molecule has 200 valence electrons. The number of hydrogen-bond donors (Lipinski definition) is 3. The van der Waals surface area contributed by atoms with E-state index in [0.29, 0.717) is 17.2 Å². The van der Waals surface area contributed by atoms with Crippen LogP contribution in [0, 0.1) is 0 Å². The Morgan fingerprint density at radius 3 is 2.42 bits per heavy atom. The van der Waals surface area contributed by atoms with Crippen LogP contribution in [0.15, 0.2) is 65.8 Å². The Morgan fingerprint density at radius 1 is 1.00 bits per heavy atom. The minimum Gasteiger partial charge on any atom is -0.503 e. The molecule has 3 rings (SSSR count). The van der Waals surface area contributed by atoms with Gasteiger partial charge in [-0.05, 0) is 55.3 Å². The van der Waals surface area contributed by atoms with E-state index in [-0.39, 0.29) is 33.7 Å². The molecule has 0 aliphatic heterocycles. The number of aromatic hydroxyl groups is 1. The Labute approximate surface area is 235 Å². The van der Waals surface area contributed by atoms with Gasteiger partial charge in [0.15, 0.2) is 17.6 Å². The highest BCUT2D eigenvalue weighted by molar-refractivity contribution is 6.35. The molecule has 0 fully saturated rings. The predicted molar refractivity (Wildman–Crippen MR) is 149 cm³/mol. The fourth-order valence-electron chi connectivity index (χ4n) is 3.35. The number of benzene rings is 3. The van der Waals surface area contributed by atoms with Gasteiger partial charge in [0, 0.05) is 11.4 Å². The minimum absolute atomic E-state index is 0.0766. The van der Waals surface area contributed by atoms with Crippen molar-refractivity contribution in [2.24, 2.45) is 5.10 Å². The van der Waals surface area contributed by atoms with Crippen LogP contribution >= 0.6 is 34.8 Å². The maximum Gasteiger partial charge on any atom is 0.262 e. The van der Waals surface area contributed by atoms with E-state index in [1.54, 1.807) is 26.0 Å². The van der Waals surface area contributed by atoms with Gasteiger partial charge in [-0.2, -0.15) is 5.10 Å². The molecule has 3 aromatic rings. The molecular formula is C27H26Cl3N3O5. The number of nitrogens with zero attached hydrogens (tertiary/aromatic N) is 1. The highest BCUT2D eigenvalue weighted by Crippen LogP contribution is 2.34. The number of nitrogens with one attached hydrogen (secondary N) is 2. The molecule has 2 atom stereocenters. The summed E-state index contributed by atoms with van der Waals surface area (Å²) in [4.78, 5) is 25.9. The second kappa shape index (κ2) is 13.9. The summed E-state index contributed by atoms with van der Waals surface area (Å²) in [6.45, 7) is 3.64. The van der Waals surface area contributed by atoms with Crippen LogP contribution < -0.4 is 20.2 Å². The number of carbonyl (C=O) groups is 2. The predicted octanol–water partition coefficient (Wildman–Crippen LogP) is 5.40. The summed E-state index contributed by atoms with van der Waals surface area (Å²) in [5, 5.41) is 17.5. The lowest BCUT2D eigenvalue weighted by atomic mass is 10.1. The Morgan fingerprint density at radius 2 is 1.74 bits per heavy atom. The van der Waals surface area contributed by atoms with E-state index < -0.39 is 24.0 Å². The highest BCUT2D eigenvalue weighted by atomic mass is 35.5. The largest absolute Gasteiger partial charge is 0.503 e. The van der Waals surface area contributed by atoms with Gasteiger partial charge in [-0.25, -0.2) is 5.43 Å². The first kappa shape index (κ1) is 29.1. The maximum absolute atomic E-state index is 13.0. The van der Waals surface area contributed by atoms with Crippen LogP contribution in [0.3, 0.4) is 0 Å². The number of amides is 2. The third-order valence-electron chi connectivity index (χ3n) is 5.22. The van der Waals surface area contributed by atoms with Gasteiger partial charge in [0.1, 0.15) is 11.8 Å². The summed E-state index contributed by atoms with van der Waals surface area (Å²) in [6.07, 6.45) is 0.600. The van der Waals surface area contributed by atoms with Crippen molar-refractivity contribution in [3.05, 3.63) is 86.9 Å². The summed E-state index contributed by atoms with van der Waals surface area (Å²) in [7, 11) is 0. The molecule has 8 nitrogen and oxygen atoms in total. The lowest BCUT2D eigenvalue weighted by Gasteiger charge is -2.21. The lowest BCUT2D eigenvalue weighted by molar-refractivity contribution is -0.132. The van der Waals surface area contributed by atoms with Crippen LogP contribution in [-0.2, 0) is 16.0 Å². The Hall–Kier alpha value is -3.46. The molecule has 3 aromatic carbocycles. The van der Waals surface area contributed by atoms with Crippen LogP contribution in [-0.4, -0.2) is 41.9 Å². The number of phenols is 1. The highest BCUT2D eigenvalue weighted by Gasteiger charge is 2.25. The molecule has 0 saturated carbocycles. The van der Waals surface area contributed by atoms with E-state index in [0.717, 1.165) is 5.56 Å². The first-order valence-corrected chi connectivity index (χ1v) is 12.8. The van der Waals surface area contributed by atoms with Gasteiger partial charge in [-0.3, -0.25) is 9.59 Å². The van der Waals surface area contributed by atoms with Crippen LogP contribution in [0.5, 0.6) is 17.2 Å². The SMILES string of the molecule is CCOc1cc(/C=N\NC(=O)[C@@H](Cc2ccccc2)NC(=O)[C@@H](C)Oc2ccc(Cl)cc2Cl)cc(Cl)c1O. The second-order valence-electron chi connectivity index (χ2n) is 8.10. The molecule has 11 heteroatoms. The number of phenolic OH excluding ortho intramolecular Hbond substituents is 1. The molecule has 2 amide bonds. The summed E-state index contributed by atoms with van der Waals surface area (Å²) in [5.41, 5.74) is 3.76. The zero-order valence-corrected chi connectivity index (χ0v) is 22.8. The topological polar surface area (TPSA) is 109 Å². The second-order valence-corrected chi connectivity index (χ2v) is 9.35. The third-order valence-corrected chi connectivity index (χ3v) is 6.04. The van der Waals surface area contributed by atoms with Crippen molar-refractivity contribution in [1.29, 1.82) is 0 Å². The zero-order valence-electron chi connectivity index (χ0n) is 20.6. The van der Waals surface area contributed by atoms with E-state index in [9.17, 15) is 14.7 Å². The smallest absolute Gasteiger partial charge is 0.262 e. The molecule has 0 aliphatic rings. The van der Waals surface area contributed by atoms with Crippen LogP contribution in [0.25, 0.3) is 0 Å². The van der Waals surface area contributed by atoms with Crippen LogP contribution in [0.1, 0.15) is 25.0 Å². The van der Waals surface area contributed by atoms with Crippen LogP contribution in [0.4, 0.5) is 0 Å². The first-order valence-electron chi connectivity index (χ1n) is 11.6. The standard InChI is InChI=1S/C27H26Cl3N3O5/c1-3-37-24-13-18(11-21(30)25(24)34)15-31-33-27(36)22(12-17-7-5-4-6-8-17)32-26(35)16(2)38-23-10-9-19(28)14-20(23)29/h4-11,13-16,22,34H,3,12H2,1-2H3,(H,32,35)(H,33,36)/b31-15-/t16-,22-/m1/s1. The summed E-state index contributed by atoms with van der Waals surface area (Å²) < 4.78 is 11.0. The monoisotopic (exact) mass is 577 g/mol. The molecule has 0 unspecified atom stereocenters. The molecule has 0 aromatic heterocycles. The third kappa shape index (κ3) is 8.28. The van der Waals surface area contributed by atoms with Gasteiger partial charge in [0.05, 0.1) is 22.9 Å². The quantitative estimate of drug-likeness (QED) is 0.209. The Bertz CT molecular complexity index is 1300. The molecule has 3 N–H and O–H groups in total. The molecule has 0 saturated heterocycles. The Balaban J connectivity index is 1.72. The fraction of sp³-hybridized carbons (Fsp3) is 0.222. The zero-order chi connectivity index (χ0) is 27.7. The minimum atomic E-state index is -0.962. The first-order chi connectivity index (χ1) is 18.2. The van der Waals surface area contributed by atoms with E-state index in [1.165, 1.54) is 24.4 Å². The lowest BCUT2D eigenvalue weighted by Crippen LogP contribution is -2.50. The van der Waals surface area contributed by atoms with Crippen molar-refractivity contribution in [2.75, 3.05) is 6.61 Å². The molecular weight excluding hydrogens is 553 g/mol. The number of halogens is 3. The van der Waals surface area contributed by atoms with Gasteiger partial charge in [0.2, 0.25) is 0 Å². The summed E-state index contributed by atoms with van der Waals surface area (Å²) >= 11 is 18.1. The molecule has 0 bridgehead atoms. The molecule has 0 aliphatic carbocycles. The average molecular weight is 579 g/mol. The van der Waals surface area contributed by atoms with E-state index in [1.807, 2.05) is 30.3 Å². The molecule has 0 spiro atoms. The van der Waals surface area contributed by atoms with Gasteiger partial charge >= 0.3 is 0 Å². The van der Waals surface area contributed by atoms with Crippen molar-refractivity contribution in [3.63, 3.8) is 0 Å². The average Bonchev–Trinajstić information content (AvgIpc) is 2.88. The summed E-state index contributed by atoms with van der Waals surface area (Å²) in [6, 6.07) is 15.9. The normalized spacial score (nSPS) is 12.6. The van der Waals surface area contributed by atoms with Gasteiger partial charge in [-0.15, -0.1) is 0 Å². The van der Waals surface area contributed by atoms with Crippen molar-refractivity contribution >= 4 is 52.8 Å². The van der Waals surface area contributed by atoms with Gasteiger partial charge in [0.25, 0.3) is 11.8 Å². The number of hydrogen-bond acceptors (Lipinski definition) is 6. The molecule has 0 heterocycles. The fourth-order valence-corrected chi connectivity index (χ4v) is 4.02. The number of hydrazone groups is 1.